The van der Waals surface area contributed by atoms with Gasteiger partial charge in [0.25, 0.3) is 0 Å². The standard InChI is InChI=1S/C15H19N3O/c1-10-4-6-11(7-5-10)14-13(15(16)18-19-14)12-3-2-8-17-9-12/h2-3,8-11H,4-7H2,1H3,(H2,16,18). The maximum atomic E-state index is 5.97. The van der Waals surface area contributed by atoms with Gasteiger partial charge < -0.3 is 10.3 Å². The van der Waals surface area contributed by atoms with Crippen molar-refractivity contribution in [2.75, 3.05) is 5.73 Å². The topological polar surface area (TPSA) is 64.9 Å². The average molecular weight is 257 g/mol. The number of rotatable bonds is 2. The highest BCUT2D eigenvalue weighted by Gasteiger charge is 2.27. The normalized spacial score (nSPS) is 23.4. The van der Waals surface area contributed by atoms with Gasteiger partial charge in [0.15, 0.2) is 5.82 Å². The molecule has 0 bridgehead atoms. The zero-order valence-corrected chi connectivity index (χ0v) is 11.2. The summed E-state index contributed by atoms with van der Waals surface area (Å²) in [6, 6.07) is 3.92. The summed E-state index contributed by atoms with van der Waals surface area (Å²) in [6.45, 7) is 2.31. The van der Waals surface area contributed by atoms with Crippen LogP contribution in [-0.2, 0) is 0 Å². The van der Waals surface area contributed by atoms with Crippen molar-refractivity contribution in [1.82, 2.24) is 10.1 Å². The van der Waals surface area contributed by atoms with Gasteiger partial charge in [-0.1, -0.05) is 31.0 Å². The van der Waals surface area contributed by atoms with Crippen molar-refractivity contribution in [1.29, 1.82) is 0 Å². The molecule has 1 fully saturated rings. The lowest BCUT2D eigenvalue weighted by Crippen LogP contribution is -2.11. The van der Waals surface area contributed by atoms with Crippen molar-refractivity contribution >= 4 is 5.82 Å². The second-order valence-corrected chi connectivity index (χ2v) is 5.51. The van der Waals surface area contributed by atoms with Crippen molar-refractivity contribution in [3.05, 3.63) is 30.3 Å². The summed E-state index contributed by atoms with van der Waals surface area (Å²) in [5.74, 6) is 2.67. The lowest BCUT2D eigenvalue weighted by molar-refractivity contribution is 0.289. The second kappa shape index (κ2) is 5.03. The van der Waals surface area contributed by atoms with Gasteiger partial charge in [0.1, 0.15) is 5.76 Å². The molecule has 0 aromatic carbocycles. The van der Waals surface area contributed by atoms with E-state index in [9.17, 15) is 0 Å². The highest BCUT2D eigenvalue weighted by atomic mass is 16.5. The van der Waals surface area contributed by atoms with Crippen molar-refractivity contribution in [3.63, 3.8) is 0 Å². The molecular weight excluding hydrogens is 238 g/mol. The van der Waals surface area contributed by atoms with E-state index in [-0.39, 0.29) is 0 Å². The minimum absolute atomic E-state index is 0.441. The molecule has 2 aromatic rings. The first-order chi connectivity index (χ1) is 9.25. The predicted molar refractivity (Wildman–Crippen MR) is 74.5 cm³/mol. The molecular formula is C15H19N3O. The van der Waals surface area contributed by atoms with E-state index in [1.165, 1.54) is 12.8 Å². The monoisotopic (exact) mass is 257 g/mol. The molecule has 2 N–H and O–H groups in total. The van der Waals surface area contributed by atoms with Gasteiger partial charge in [-0.05, 0) is 24.8 Å². The molecule has 1 aliphatic carbocycles. The summed E-state index contributed by atoms with van der Waals surface area (Å²) in [5, 5.41) is 3.96. The van der Waals surface area contributed by atoms with Gasteiger partial charge in [0.05, 0.1) is 5.56 Å². The van der Waals surface area contributed by atoms with Gasteiger partial charge in [0.2, 0.25) is 0 Å². The Kier molecular flexibility index (Phi) is 3.23. The van der Waals surface area contributed by atoms with Gasteiger partial charge in [-0.3, -0.25) is 4.98 Å². The minimum Gasteiger partial charge on any atom is -0.380 e. The zero-order chi connectivity index (χ0) is 13.2. The Morgan fingerprint density at radius 1 is 1.26 bits per heavy atom. The van der Waals surface area contributed by atoms with Crippen molar-refractivity contribution in [2.24, 2.45) is 5.92 Å². The molecule has 0 spiro atoms. The summed E-state index contributed by atoms with van der Waals surface area (Å²) >= 11 is 0. The van der Waals surface area contributed by atoms with Gasteiger partial charge >= 0.3 is 0 Å². The van der Waals surface area contributed by atoms with Gasteiger partial charge in [-0.25, -0.2) is 0 Å². The van der Waals surface area contributed by atoms with Crippen LogP contribution in [0.15, 0.2) is 29.0 Å². The Morgan fingerprint density at radius 3 is 2.74 bits per heavy atom. The van der Waals surface area contributed by atoms with Crippen LogP contribution in [0.25, 0.3) is 11.1 Å². The predicted octanol–water partition coefficient (Wildman–Crippen LogP) is 3.61. The van der Waals surface area contributed by atoms with Crippen LogP contribution in [0.2, 0.25) is 0 Å². The molecule has 4 heteroatoms. The van der Waals surface area contributed by atoms with Crippen LogP contribution in [0.4, 0.5) is 5.82 Å². The van der Waals surface area contributed by atoms with Crippen molar-refractivity contribution in [2.45, 2.75) is 38.5 Å². The fraction of sp³-hybridized carbons (Fsp3) is 0.467. The average Bonchev–Trinajstić information content (AvgIpc) is 2.82. The van der Waals surface area contributed by atoms with E-state index in [1.807, 2.05) is 18.3 Å². The first-order valence-corrected chi connectivity index (χ1v) is 6.91. The molecule has 1 saturated carbocycles. The van der Waals surface area contributed by atoms with Gasteiger partial charge in [-0.15, -0.1) is 0 Å². The van der Waals surface area contributed by atoms with Crippen LogP contribution in [0, 0.1) is 5.92 Å². The van der Waals surface area contributed by atoms with Crippen LogP contribution in [0.3, 0.4) is 0 Å². The van der Waals surface area contributed by atoms with Crippen LogP contribution >= 0.6 is 0 Å². The molecule has 0 aliphatic heterocycles. The van der Waals surface area contributed by atoms with E-state index < -0.39 is 0 Å². The molecule has 4 nitrogen and oxygen atoms in total. The highest BCUT2D eigenvalue weighted by molar-refractivity contribution is 5.75. The molecule has 0 radical (unpaired) electrons. The first-order valence-electron chi connectivity index (χ1n) is 6.91. The second-order valence-electron chi connectivity index (χ2n) is 5.51. The van der Waals surface area contributed by atoms with Crippen LogP contribution < -0.4 is 5.73 Å². The third-order valence-electron chi connectivity index (χ3n) is 4.08. The molecule has 2 aromatic heterocycles. The third-order valence-corrected chi connectivity index (χ3v) is 4.08. The third kappa shape index (κ3) is 2.35. The molecule has 1 aliphatic rings. The lowest BCUT2D eigenvalue weighted by atomic mass is 9.80. The van der Waals surface area contributed by atoms with E-state index in [2.05, 4.69) is 17.1 Å². The van der Waals surface area contributed by atoms with Crippen LogP contribution in [-0.4, -0.2) is 10.1 Å². The number of nitrogens with zero attached hydrogens (tertiary/aromatic N) is 2. The Bertz CT molecular complexity index is 542. The van der Waals surface area contributed by atoms with Crippen molar-refractivity contribution < 1.29 is 4.52 Å². The van der Waals surface area contributed by atoms with Crippen molar-refractivity contribution in [3.8, 4) is 11.1 Å². The first kappa shape index (κ1) is 12.2. The number of hydrogen-bond donors (Lipinski definition) is 1. The molecule has 19 heavy (non-hydrogen) atoms. The summed E-state index contributed by atoms with van der Waals surface area (Å²) in [6.07, 6.45) is 8.38. The molecule has 0 atom stereocenters. The van der Waals surface area contributed by atoms with E-state index >= 15 is 0 Å². The summed E-state index contributed by atoms with van der Waals surface area (Å²) in [4.78, 5) is 4.16. The largest absolute Gasteiger partial charge is 0.380 e. The van der Waals surface area contributed by atoms with E-state index in [1.54, 1.807) is 6.20 Å². The number of nitrogen functional groups attached to an aromatic ring is 1. The van der Waals surface area contributed by atoms with E-state index in [4.69, 9.17) is 10.3 Å². The molecule has 2 heterocycles. The summed E-state index contributed by atoms with van der Waals surface area (Å²) < 4.78 is 5.52. The van der Waals surface area contributed by atoms with E-state index in [0.29, 0.717) is 11.7 Å². The maximum absolute atomic E-state index is 5.97. The Morgan fingerprint density at radius 2 is 2.05 bits per heavy atom. The lowest BCUT2D eigenvalue weighted by Gasteiger charge is -2.24. The summed E-state index contributed by atoms with van der Waals surface area (Å²) in [7, 11) is 0. The van der Waals surface area contributed by atoms with E-state index in [0.717, 1.165) is 35.6 Å². The van der Waals surface area contributed by atoms with Crippen LogP contribution in [0.5, 0.6) is 0 Å². The van der Waals surface area contributed by atoms with Crippen LogP contribution in [0.1, 0.15) is 44.3 Å². The zero-order valence-electron chi connectivity index (χ0n) is 11.2. The van der Waals surface area contributed by atoms with Gasteiger partial charge in [-0.2, -0.15) is 0 Å². The highest BCUT2D eigenvalue weighted by Crippen LogP contribution is 2.41. The summed E-state index contributed by atoms with van der Waals surface area (Å²) in [5.41, 5.74) is 7.91. The number of aromatic nitrogens is 2. The smallest absolute Gasteiger partial charge is 0.175 e. The Hall–Kier alpha value is -1.84. The minimum atomic E-state index is 0.441. The molecule has 0 amide bonds. The molecule has 3 rings (SSSR count). The molecule has 0 unspecified atom stereocenters. The van der Waals surface area contributed by atoms with Gasteiger partial charge in [0, 0.05) is 23.9 Å². The molecule has 0 saturated heterocycles. The maximum Gasteiger partial charge on any atom is 0.175 e. The number of anilines is 1. The SMILES string of the molecule is CC1CCC(c2onc(N)c2-c2cccnc2)CC1. The number of nitrogens with two attached hydrogens (primary N) is 1. The number of pyridine rings is 1. The number of hydrogen-bond acceptors (Lipinski definition) is 4. The Balaban J connectivity index is 1.95. The quantitative estimate of drug-likeness (QED) is 0.892. The Labute approximate surface area is 113 Å². The fourth-order valence-corrected chi connectivity index (χ4v) is 2.92. The fourth-order valence-electron chi connectivity index (χ4n) is 2.92. The molecule has 100 valence electrons.